The average Bonchev–Trinajstić information content (AvgIpc) is 2.89. The second-order valence-corrected chi connectivity index (χ2v) is 9.76. The molecular weight excluding hydrogens is 493 g/mol. The van der Waals surface area contributed by atoms with E-state index < -0.39 is 5.91 Å². The Morgan fingerprint density at radius 3 is 2.30 bits per heavy atom. The molecule has 0 unspecified atom stereocenters. The Kier molecular flexibility index (Phi) is 8.41. The summed E-state index contributed by atoms with van der Waals surface area (Å²) in [6.07, 6.45) is 4.97. The number of rotatable bonds is 6. The van der Waals surface area contributed by atoms with Crippen molar-refractivity contribution >= 4 is 40.9 Å². The molecule has 0 aromatic heterocycles. The first-order valence-electron chi connectivity index (χ1n) is 12.3. The number of benzene rings is 2. The summed E-state index contributed by atoms with van der Waals surface area (Å²) in [6.45, 7) is 3.36. The molecule has 2 amide bonds. The van der Waals surface area contributed by atoms with Crippen molar-refractivity contribution in [3.05, 3.63) is 81.8 Å². The molecule has 0 atom stereocenters. The number of nitrogens with zero attached hydrogens (tertiary/aromatic N) is 3. The number of hydrazine groups is 1. The molecule has 7 nitrogen and oxygen atoms in total. The van der Waals surface area contributed by atoms with E-state index in [9.17, 15) is 14.0 Å². The van der Waals surface area contributed by atoms with Crippen molar-refractivity contribution in [3.63, 3.8) is 0 Å². The number of halogens is 2. The van der Waals surface area contributed by atoms with Crippen LogP contribution in [-0.2, 0) is 9.59 Å². The SMILES string of the molecule is CC(=O)N1CC(C(=N)C(=O)NN2CCCCC2)=C(N(C)c2ccc(Cl)cc2)/C(=C/c2ccc(F)cc2)C1. The van der Waals surface area contributed by atoms with Crippen LogP contribution in [0, 0.1) is 11.2 Å². The van der Waals surface area contributed by atoms with E-state index >= 15 is 0 Å². The highest BCUT2D eigenvalue weighted by Crippen LogP contribution is 2.32. The molecule has 2 aliphatic rings. The largest absolute Gasteiger partial charge is 0.344 e. The fourth-order valence-corrected chi connectivity index (χ4v) is 4.77. The molecule has 2 heterocycles. The van der Waals surface area contributed by atoms with Crippen LogP contribution in [0.15, 0.2) is 65.4 Å². The third kappa shape index (κ3) is 6.45. The quantitative estimate of drug-likeness (QED) is 0.540. The zero-order valence-electron chi connectivity index (χ0n) is 21.1. The van der Waals surface area contributed by atoms with Gasteiger partial charge < -0.3 is 9.80 Å². The normalized spacial score (nSPS) is 17.6. The number of hydrogen-bond acceptors (Lipinski definition) is 5. The van der Waals surface area contributed by atoms with Crippen molar-refractivity contribution < 1.29 is 14.0 Å². The zero-order valence-corrected chi connectivity index (χ0v) is 21.8. The average molecular weight is 524 g/mol. The summed E-state index contributed by atoms with van der Waals surface area (Å²) in [7, 11) is 1.86. The molecule has 2 aliphatic heterocycles. The van der Waals surface area contributed by atoms with Gasteiger partial charge in [0, 0.05) is 49.9 Å². The van der Waals surface area contributed by atoms with E-state index in [2.05, 4.69) is 5.43 Å². The highest BCUT2D eigenvalue weighted by atomic mass is 35.5. The molecule has 0 saturated carbocycles. The number of anilines is 1. The van der Waals surface area contributed by atoms with Gasteiger partial charge in [0.2, 0.25) is 5.91 Å². The molecule has 2 aromatic rings. The molecule has 194 valence electrons. The lowest BCUT2D eigenvalue weighted by atomic mass is 9.93. The smallest absolute Gasteiger partial charge is 0.283 e. The third-order valence-corrected chi connectivity index (χ3v) is 6.90. The molecule has 37 heavy (non-hydrogen) atoms. The van der Waals surface area contributed by atoms with Gasteiger partial charge in [0.15, 0.2) is 0 Å². The molecule has 0 aliphatic carbocycles. The van der Waals surface area contributed by atoms with Crippen LogP contribution in [0.2, 0.25) is 5.02 Å². The first-order valence-corrected chi connectivity index (χ1v) is 12.7. The highest BCUT2D eigenvalue weighted by Gasteiger charge is 2.32. The van der Waals surface area contributed by atoms with Crippen LogP contribution >= 0.6 is 11.6 Å². The second-order valence-electron chi connectivity index (χ2n) is 9.32. The summed E-state index contributed by atoms with van der Waals surface area (Å²) in [6, 6.07) is 13.3. The minimum atomic E-state index is -0.509. The maximum atomic E-state index is 13.6. The van der Waals surface area contributed by atoms with Gasteiger partial charge in [-0.05, 0) is 66.5 Å². The Morgan fingerprint density at radius 2 is 1.68 bits per heavy atom. The first-order chi connectivity index (χ1) is 17.7. The van der Waals surface area contributed by atoms with Crippen LogP contribution in [0.5, 0.6) is 0 Å². The van der Waals surface area contributed by atoms with E-state index in [0.29, 0.717) is 16.3 Å². The van der Waals surface area contributed by atoms with E-state index in [0.717, 1.165) is 49.2 Å². The lowest BCUT2D eigenvalue weighted by Gasteiger charge is -2.37. The lowest BCUT2D eigenvalue weighted by Crippen LogP contribution is -2.50. The van der Waals surface area contributed by atoms with Crippen molar-refractivity contribution in [1.82, 2.24) is 15.3 Å². The van der Waals surface area contributed by atoms with Gasteiger partial charge >= 0.3 is 0 Å². The topological polar surface area (TPSA) is 79.7 Å². The maximum absolute atomic E-state index is 13.6. The van der Waals surface area contributed by atoms with Crippen LogP contribution in [0.1, 0.15) is 31.7 Å². The number of carbonyl (C=O) groups is 2. The second kappa shape index (κ2) is 11.7. The van der Waals surface area contributed by atoms with Gasteiger partial charge in [-0.15, -0.1) is 0 Å². The Morgan fingerprint density at radius 1 is 1.03 bits per heavy atom. The summed E-state index contributed by atoms with van der Waals surface area (Å²) in [4.78, 5) is 29.2. The van der Waals surface area contributed by atoms with E-state index in [1.165, 1.54) is 19.1 Å². The Labute approximate surface area is 221 Å². The minimum Gasteiger partial charge on any atom is -0.344 e. The predicted molar refractivity (Wildman–Crippen MR) is 145 cm³/mol. The molecule has 1 saturated heterocycles. The molecular formula is C28H31ClFN5O2. The molecule has 1 fully saturated rings. The molecule has 9 heteroatoms. The first kappa shape index (κ1) is 26.6. The number of piperidine rings is 1. The number of nitrogens with one attached hydrogen (secondary N) is 2. The van der Waals surface area contributed by atoms with Gasteiger partial charge in [0.05, 0.1) is 12.2 Å². The summed E-state index contributed by atoms with van der Waals surface area (Å²) in [5, 5.41) is 11.3. The van der Waals surface area contributed by atoms with E-state index in [1.807, 2.05) is 35.2 Å². The third-order valence-electron chi connectivity index (χ3n) is 6.65. The van der Waals surface area contributed by atoms with Crippen LogP contribution in [0.25, 0.3) is 6.08 Å². The Hall–Kier alpha value is -3.49. The fourth-order valence-electron chi connectivity index (χ4n) is 4.64. The number of carbonyl (C=O) groups excluding carboxylic acids is 2. The maximum Gasteiger partial charge on any atom is 0.283 e. The summed E-state index contributed by atoms with van der Waals surface area (Å²) >= 11 is 6.11. The van der Waals surface area contributed by atoms with Gasteiger partial charge in [0.25, 0.3) is 5.91 Å². The van der Waals surface area contributed by atoms with Gasteiger partial charge in [-0.2, -0.15) is 0 Å². The van der Waals surface area contributed by atoms with Crippen molar-refractivity contribution in [2.45, 2.75) is 26.2 Å². The molecule has 0 spiro atoms. The minimum absolute atomic E-state index is 0.121. The van der Waals surface area contributed by atoms with E-state index in [4.69, 9.17) is 17.0 Å². The highest BCUT2D eigenvalue weighted by molar-refractivity contribution is 6.44. The van der Waals surface area contributed by atoms with Crippen LogP contribution in [0.4, 0.5) is 10.1 Å². The van der Waals surface area contributed by atoms with Gasteiger partial charge in [-0.3, -0.25) is 20.4 Å². The van der Waals surface area contributed by atoms with Gasteiger partial charge in [-0.1, -0.05) is 30.2 Å². The number of hydrogen-bond donors (Lipinski definition) is 2. The molecule has 0 bridgehead atoms. The monoisotopic (exact) mass is 523 g/mol. The van der Waals surface area contributed by atoms with Crippen LogP contribution < -0.4 is 10.3 Å². The Bertz CT molecular complexity index is 1230. The molecule has 4 rings (SSSR count). The van der Waals surface area contributed by atoms with E-state index in [1.54, 1.807) is 29.2 Å². The zero-order chi connectivity index (χ0) is 26.5. The standard InChI is InChI=1S/C28H31ClFN5O2/c1-19(36)34-17-21(16-20-6-10-23(30)11-7-20)27(33(2)24-12-8-22(29)9-13-24)25(18-34)26(31)28(37)32-35-14-4-3-5-15-35/h6-13,16,31H,3-5,14-15,17-18H2,1-2H3,(H,32,37)/b21-16+,31-26?. The Balaban J connectivity index is 1.80. The summed E-state index contributed by atoms with van der Waals surface area (Å²) < 4.78 is 13.6. The predicted octanol–water partition coefficient (Wildman–Crippen LogP) is 4.65. The van der Waals surface area contributed by atoms with Gasteiger partial charge in [-0.25, -0.2) is 9.40 Å². The number of amides is 2. The van der Waals surface area contributed by atoms with Crippen LogP contribution in [-0.4, -0.2) is 60.7 Å². The van der Waals surface area contributed by atoms with Crippen LogP contribution in [0.3, 0.4) is 0 Å². The number of likely N-dealkylation sites (N-methyl/N-ethyl adjacent to an activating group) is 1. The van der Waals surface area contributed by atoms with Crippen molar-refractivity contribution in [1.29, 1.82) is 5.41 Å². The fraction of sp³-hybridized carbons (Fsp3) is 0.321. The molecule has 2 N–H and O–H groups in total. The van der Waals surface area contributed by atoms with Crippen molar-refractivity contribution in [3.8, 4) is 0 Å². The summed E-state index contributed by atoms with van der Waals surface area (Å²) in [5.41, 5.74) is 6.05. The molecule has 2 aromatic carbocycles. The van der Waals surface area contributed by atoms with Crippen molar-refractivity contribution in [2.75, 3.05) is 38.1 Å². The van der Waals surface area contributed by atoms with Crippen molar-refractivity contribution in [2.24, 2.45) is 0 Å². The van der Waals surface area contributed by atoms with E-state index in [-0.39, 0.29) is 30.5 Å². The molecule has 0 radical (unpaired) electrons. The van der Waals surface area contributed by atoms with Gasteiger partial charge in [0.1, 0.15) is 11.5 Å². The lowest BCUT2D eigenvalue weighted by molar-refractivity contribution is -0.128. The summed E-state index contributed by atoms with van der Waals surface area (Å²) in [5.74, 6) is -1.02.